The van der Waals surface area contributed by atoms with Gasteiger partial charge in [0, 0.05) is 0 Å². The summed E-state index contributed by atoms with van der Waals surface area (Å²) in [6, 6.07) is 0. The molecule has 40 valence electrons. The second kappa shape index (κ2) is 401. The second-order valence-corrected chi connectivity index (χ2v) is 0. The monoisotopic (exact) mass is 127 g/mol. The molecule has 0 aromatic rings. The first-order valence-corrected chi connectivity index (χ1v) is 0. The Morgan fingerprint density at radius 2 is 0.333 bits per heavy atom. The molecule has 0 aromatic heterocycles. The summed E-state index contributed by atoms with van der Waals surface area (Å²) in [4.78, 5) is 0. The summed E-state index contributed by atoms with van der Waals surface area (Å²) in [5.74, 6) is 0. The summed E-state index contributed by atoms with van der Waals surface area (Å²) in [5, 5.41) is 0. The molecule has 0 amide bonds. The van der Waals surface area contributed by atoms with E-state index in [1.54, 1.807) is 0 Å². The Morgan fingerprint density at radius 3 is 0.333 bits per heavy atom. The van der Waals surface area contributed by atoms with Gasteiger partial charge in [0.05, 0.1) is 0 Å². The van der Waals surface area contributed by atoms with Gasteiger partial charge in [-0.2, -0.15) is 0 Å². The van der Waals surface area contributed by atoms with Gasteiger partial charge in [0.25, 0.3) is 0 Å². The average Bonchev–Trinajstić information content (AvgIpc) is 0. The Labute approximate surface area is 55.1 Å². The van der Waals surface area contributed by atoms with Crippen LogP contribution in [-0.2, 0) is 17.4 Å². The van der Waals surface area contributed by atoms with Gasteiger partial charge in [-0.3, -0.25) is 0 Å². The van der Waals surface area contributed by atoms with E-state index in [9.17, 15) is 0 Å². The topological polar surface area (TPSA) is 0 Å². The molecule has 1 heteroatoms. The molecule has 0 heterocycles. The molecule has 0 atom stereocenters. The Bertz CT molecular complexity index is 3.90. The molecule has 0 rings (SSSR count). The van der Waals surface area contributed by atoms with E-state index in [2.05, 4.69) is 0 Å². The van der Waals surface area contributed by atoms with Crippen LogP contribution in [0.15, 0.2) is 0 Å². The fourth-order valence-corrected chi connectivity index (χ4v) is 0. The fraction of sp³-hybridized carbons (Fsp3) is 0. The molecule has 0 bridgehead atoms. The molecule has 0 aliphatic heterocycles. The van der Waals surface area contributed by atoms with Crippen molar-refractivity contribution in [2.24, 2.45) is 0 Å². The number of rotatable bonds is 0. The van der Waals surface area contributed by atoms with Crippen molar-refractivity contribution in [3.8, 4) is 0 Å². The van der Waals surface area contributed by atoms with E-state index in [1.807, 2.05) is 0 Å². The fourth-order valence-electron chi connectivity index (χ4n) is 0. The molecule has 0 saturated heterocycles. The summed E-state index contributed by atoms with van der Waals surface area (Å²) >= 11 is 0. The van der Waals surface area contributed by atoms with E-state index in [0.717, 1.165) is 0 Å². The Hall–Kier alpha value is 0.532. The van der Waals surface area contributed by atoms with Crippen LogP contribution in [0.1, 0.15) is 0 Å². The van der Waals surface area contributed by atoms with Crippen LogP contribution in [0.2, 0.25) is 0 Å². The smallest absolute Gasteiger partial charge is 0.358 e. The molecule has 6 heavy (non-hydrogen) atoms. The van der Waals surface area contributed by atoms with Crippen LogP contribution in [0.5, 0.6) is 0 Å². The molecule has 0 radical (unpaired) electrons. The third kappa shape index (κ3) is 199. The minimum absolute atomic E-state index is 0. The van der Waals surface area contributed by atoms with E-state index in [1.165, 1.54) is 0 Å². The van der Waals surface area contributed by atoms with E-state index in [4.69, 9.17) is 0 Å². The van der Waals surface area contributed by atoms with Gasteiger partial charge in [0.1, 0.15) is 0 Å². The van der Waals surface area contributed by atoms with Crippen molar-refractivity contribution in [1.29, 1.82) is 0 Å². The zero-order chi connectivity index (χ0) is 0. The average molecular weight is 127 g/mol. The van der Waals surface area contributed by atoms with E-state index >= 15 is 0 Å². The Balaban J connectivity index is 0. The van der Waals surface area contributed by atoms with Gasteiger partial charge in [-0.15, -0.1) is 0 Å². The number of hydrogen-bond donors (Lipinski definition) is 0. The van der Waals surface area contributed by atoms with E-state index < -0.39 is 0 Å². The standard InChI is InChI=1S/5CH3.Cr/h5*1H3;/q5*-1;+6. The van der Waals surface area contributed by atoms with Crippen LogP contribution in [0.4, 0.5) is 0 Å². The SMILES string of the molecule is [CH3-].[CH3-].[CH3-].[CH3-].[CH3-].[Cr+6]. The Morgan fingerprint density at radius 1 is 0.333 bits per heavy atom. The molecule has 0 aliphatic rings. The summed E-state index contributed by atoms with van der Waals surface area (Å²) in [5.41, 5.74) is 0. The van der Waals surface area contributed by atoms with Crippen molar-refractivity contribution in [2.75, 3.05) is 0 Å². The molecule has 0 N–H and O–H groups in total. The summed E-state index contributed by atoms with van der Waals surface area (Å²) < 4.78 is 0. The molecule has 0 saturated carbocycles. The third-order valence-electron chi connectivity index (χ3n) is 0. The molecule has 0 fully saturated rings. The van der Waals surface area contributed by atoms with Gasteiger partial charge in [-0.25, -0.2) is 0 Å². The van der Waals surface area contributed by atoms with Crippen molar-refractivity contribution in [2.45, 2.75) is 0 Å². The molecule has 0 spiro atoms. The van der Waals surface area contributed by atoms with Crippen LogP contribution < -0.4 is 0 Å². The molecular weight excluding hydrogens is 112 g/mol. The largest absolute Gasteiger partial charge is 6.00 e. The first-order chi connectivity index (χ1) is 0. The van der Waals surface area contributed by atoms with Crippen molar-refractivity contribution in [3.05, 3.63) is 37.1 Å². The predicted molar refractivity (Wildman–Crippen MR) is 32.1 cm³/mol. The van der Waals surface area contributed by atoms with Crippen molar-refractivity contribution >= 4 is 0 Å². The molecule has 0 nitrogen and oxygen atoms in total. The van der Waals surface area contributed by atoms with Crippen LogP contribution >= 0.6 is 0 Å². The van der Waals surface area contributed by atoms with Crippen LogP contribution in [0.25, 0.3) is 0 Å². The van der Waals surface area contributed by atoms with Crippen LogP contribution in [0, 0.1) is 37.1 Å². The zero-order valence-corrected chi connectivity index (χ0v) is 6.68. The molecule has 0 aliphatic carbocycles. The van der Waals surface area contributed by atoms with Gasteiger partial charge in [0.15, 0.2) is 0 Å². The van der Waals surface area contributed by atoms with Gasteiger partial charge < -0.3 is 37.1 Å². The van der Waals surface area contributed by atoms with Gasteiger partial charge >= 0.3 is 17.4 Å². The summed E-state index contributed by atoms with van der Waals surface area (Å²) in [7, 11) is 0. The minimum Gasteiger partial charge on any atom is -0.358 e. The summed E-state index contributed by atoms with van der Waals surface area (Å²) in [6.45, 7) is 0. The Kier molecular flexibility index (Phi) is 47100. The van der Waals surface area contributed by atoms with Crippen molar-refractivity contribution in [1.82, 2.24) is 0 Å². The van der Waals surface area contributed by atoms with Gasteiger partial charge in [0.2, 0.25) is 0 Å². The molecule has 0 unspecified atom stereocenters. The first kappa shape index (κ1) is 705. The van der Waals surface area contributed by atoms with E-state index in [0.29, 0.717) is 0 Å². The maximum Gasteiger partial charge on any atom is 6.00 e. The van der Waals surface area contributed by atoms with Gasteiger partial charge in [-0.05, 0) is 0 Å². The third-order valence-corrected chi connectivity index (χ3v) is 0. The first-order valence-electron chi connectivity index (χ1n) is 0. The van der Waals surface area contributed by atoms with E-state index in [-0.39, 0.29) is 54.5 Å². The molecule has 0 aromatic carbocycles. The van der Waals surface area contributed by atoms with Gasteiger partial charge in [-0.1, -0.05) is 0 Å². The second-order valence-electron chi connectivity index (χ2n) is 0. The predicted octanol–water partition coefficient (Wildman–Crippen LogP) is 2.25. The maximum absolute atomic E-state index is 0. The van der Waals surface area contributed by atoms with Crippen LogP contribution in [-0.4, -0.2) is 0 Å². The maximum atomic E-state index is 0. The van der Waals surface area contributed by atoms with Crippen molar-refractivity contribution in [3.63, 3.8) is 0 Å². The normalized spacial score (nSPS) is 0. The minimum atomic E-state index is 0. The molecular formula is C5H15Cr+. The van der Waals surface area contributed by atoms with Crippen molar-refractivity contribution < 1.29 is 17.4 Å². The number of hydrogen-bond acceptors (Lipinski definition) is 0. The van der Waals surface area contributed by atoms with Crippen LogP contribution in [0.3, 0.4) is 0 Å². The summed E-state index contributed by atoms with van der Waals surface area (Å²) in [6.07, 6.45) is 0. The quantitative estimate of drug-likeness (QED) is 0.438. The zero-order valence-electron chi connectivity index (χ0n) is 5.41.